The van der Waals surface area contributed by atoms with Crippen molar-refractivity contribution in [2.24, 2.45) is 5.10 Å². The van der Waals surface area contributed by atoms with E-state index < -0.39 is 22.9 Å². The number of phenols is 1. The number of hydrogen-bond acceptors (Lipinski definition) is 7. The molecule has 0 unspecified atom stereocenters. The number of benzene rings is 2. The smallest absolute Gasteiger partial charge is 0.335 e. The summed E-state index contributed by atoms with van der Waals surface area (Å²) in [5.41, 5.74) is 2.22. The Kier molecular flexibility index (Phi) is 4.74. The maximum absolute atomic E-state index is 13.2. The number of nitrogens with one attached hydrogen (secondary N) is 2. The highest BCUT2D eigenvalue weighted by Crippen LogP contribution is 2.32. The number of hydrazone groups is 1. The molecule has 0 saturated carbocycles. The van der Waals surface area contributed by atoms with Gasteiger partial charge < -0.3 is 20.4 Å². The standard InChI is InChI=1S/C20H17FN4O5/c1-30-16-8-10(2-7-15(16)26)13-9-14(24-23-13)17-18(27)22-20(29)25(19(17)28)12-5-3-11(21)4-6-12/h2-8,13,23,26,28H,9H2,1H3,(H,22,27,29)/t13-/m0/s1. The average Bonchev–Trinajstić information content (AvgIpc) is 3.19. The number of hydrogen-bond donors (Lipinski definition) is 4. The minimum atomic E-state index is -0.862. The van der Waals surface area contributed by atoms with Crippen LogP contribution < -0.4 is 21.4 Å². The minimum absolute atomic E-state index is 0.0131. The monoisotopic (exact) mass is 412 g/mol. The fourth-order valence-corrected chi connectivity index (χ4v) is 3.32. The molecule has 1 aliphatic heterocycles. The lowest BCUT2D eigenvalue weighted by molar-refractivity contribution is 0.372. The van der Waals surface area contributed by atoms with Crippen molar-refractivity contribution in [3.63, 3.8) is 0 Å². The van der Waals surface area contributed by atoms with Crippen LogP contribution in [0.1, 0.15) is 23.6 Å². The lowest BCUT2D eigenvalue weighted by Crippen LogP contribution is -2.33. The molecule has 1 aromatic heterocycles. The highest BCUT2D eigenvalue weighted by Gasteiger charge is 2.28. The van der Waals surface area contributed by atoms with Crippen molar-refractivity contribution in [2.75, 3.05) is 7.11 Å². The van der Waals surface area contributed by atoms with E-state index in [1.54, 1.807) is 12.1 Å². The topological polar surface area (TPSA) is 129 Å². The third kappa shape index (κ3) is 3.28. The molecule has 0 bridgehead atoms. The number of halogens is 1. The Morgan fingerprint density at radius 1 is 1.17 bits per heavy atom. The van der Waals surface area contributed by atoms with Crippen LogP contribution in [-0.2, 0) is 0 Å². The Labute approximate surface area is 168 Å². The lowest BCUT2D eigenvalue weighted by Gasteiger charge is -2.13. The quantitative estimate of drug-likeness (QED) is 0.514. The molecule has 9 nitrogen and oxygen atoms in total. The van der Waals surface area contributed by atoms with Gasteiger partial charge >= 0.3 is 5.69 Å². The normalized spacial score (nSPS) is 15.5. The largest absolute Gasteiger partial charge is 0.504 e. The molecule has 0 amide bonds. The van der Waals surface area contributed by atoms with Gasteiger partial charge in [-0.15, -0.1) is 0 Å². The molecule has 4 N–H and O–H groups in total. The number of ether oxygens (including phenoxy) is 1. The molecular formula is C20H17FN4O5. The van der Waals surface area contributed by atoms with Gasteiger partial charge in [0.1, 0.15) is 11.4 Å². The van der Waals surface area contributed by atoms with E-state index in [0.717, 1.165) is 22.3 Å². The van der Waals surface area contributed by atoms with Crippen LogP contribution in [0.4, 0.5) is 4.39 Å². The lowest BCUT2D eigenvalue weighted by atomic mass is 9.99. The Balaban J connectivity index is 1.71. The van der Waals surface area contributed by atoms with Crippen molar-refractivity contribution in [2.45, 2.75) is 12.5 Å². The van der Waals surface area contributed by atoms with Crippen LogP contribution in [0.25, 0.3) is 5.69 Å². The first kappa shape index (κ1) is 19.2. The Hall–Kier alpha value is -4.08. The molecule has 0 fully saturated rings. The third-order valence-corrected chi connectivity index (χ3v) is 4.82. The Morgan fingerprint density at radius 2 is 1.90 bits per heavy atom. The van der Waals surface area contributed by atoms with E-state index in [-0.39, 0.29) is 40.9 Å². The van der Waals surface area contributed by atoms with Crippen molar-refractivity contribution in [3.8, 4) is 23.1 Å². The number of phenolic OH excluding ortho intramolecular Hbond substituents is 1. The predicted molar refractivity (Wildman–Crippen MR) is 106 cm³/mol. The van der Waals surface area contributed by atoms with Crippen LogP contribution in [0.3, 0.4) is 0 Å². The predicted octanol–water partition coefficient (Wildman–Crippen LogP) is 1.52. The van der Waals surface area contributed by atoms with Gasteiger partial charge in [-0.3, -0.25) is 9.78 Å². The summed E-state index contributed by atoms with van der Waals surface area (Å²) < 4.78 is 19.2. The molecule has 2 heterocycles. The fourth-order valence-electron chi connectivity index (χ4n) is 3.32. The average molecular weight is 412 g/mol. The number of aromatic amines is 1. The zero-order chi connectivity index (χ0) is 21.4. The van der Waals surface area contributed by atoms with Crippen molar-refractivity contribution in [1.29, 1.82) is 0 Å². The molecule has 4 rings (SSSR count). The first-order chi connectivity index (χ1) is 14.4. The Bertz CT molecular complexity index is 1260. The molecule has 0 radical (unpaired) electrons. The molecule has 0 spiro atoms. The highest BCUT2D eigenvalue weighted by atomic mass is 19.1. The second-order valence-electron chi connectivity index (χ2n) is 6.65. The molecule has 1 atom stereocenters. The molecule has 10 heteroatoms. The van der Waals surface area contributed by atoms with Crippen molar-refractivity contribution in [3.05, 3.63) is 80.2 Å². The van der Waals surface area contributed by atoms with Crippen LogP contribution in [0, 0.1) is 5.82 Å². The molecule has 30 heavy (non-hydrogen) atoms. The zero-order valence-corrected chi connectivity index (χ0v) is 15.7. The summed E-state index contributed by atoms with van der Waals surface area (Å²) in [6, 6.07) is 9.32. The molecule has 0 aliphatic carbocycles. The van der Waals surface area contributed by atoms with Crippen molar-refractivity contribution in [1.82, 2.24) is 15.0 Å². The first-order valence-electron chi connectivity index (χ1n) is 8.92. The first-order valence-corrected chi connectivity index (χ1v) is 8.92. The maximum Gasteiger partial charge on any atom is 0.335 e. The van der Waals surface area contributed by atoms with E-state index >= 15 is 0 Å². The van der Waals surface area contributed by atoms with E-state index in [4.69, 9.17) is 4.74 Å². The molecule has 3 aromatic rings. The maximum atomic E-state index is 13.2. The summed E-state index contributed by atoms with van der Waals surface area (Å²) in [4.78, 5) is 26.8. The SMILES string of the molecule is COc1cc([C@@H]2CC(c3c(O)n(-c4ccc(F)cc4)c(=O)[nH]c3=O)=NN2)ccc1O. The van der Waals surface area contributed by atoms with Crippen LogP contribution in [-0.4, -0.2) is 32.6 Å². The second-order valence-corrected chi connectivity index (χ2v) is 6.65. The summed E-state index contributed by atoms with van der Waals surface area (Å²) in [7, 11) is 1.43. The zero-order valence-electron chi connectivity index (χ0n) is 15.7. The van der Waals surface area contributed by atoms with E-state index in [9.17, 15) is 24.2 Å². The van der Waals surface area contributed by atoms with Gasteiger partial charge in [0.25, 0.3) is 5.56 Å². The number of nitrogens with zero attached hydrogens (tertiary/aromatic N) is 2. The molecular weight excluding hydrogens is 395 g/mol. The van der Waals surface area contributed by atoms with E-state index in [2.05, 4.69) is 15.5 Å². The molecule has 2 aromatic carbocycles. The van der Waals surface area contributed by atoms with Crippen LogP contribution in [0.2, 0.25) is 0 Å². The van der Waals surface area contributed by atoms with Crippen molar-refractivity contribution < 1.29 is 19.3 Å². The van der Waals surface area contributed by atoms with Gasteiger partial charge in [-0.25, -0.2) is 13.8 Å². The summed E-state index contributed by atoms with van der Waals surface area (Å²) in [6.07, 6.45) is 0.228. The number of aromatic nitrogens is 2. The van der Waals surface area contributed by atoms with E-state index in [1.165, 1.54) is 25.3 Å². The summed E-state index contributed by atoms with van der Waals surface area (Å²) in [6.45, 7) is 0. The van der Waals surface area contributed by atoms with Gasteiger partial charge in [0.05, 0.1) is 24.6 Å². The number of rotatable bonds is 4. The van der Waals surface area contributed by atoms with Gasteiger partial charge in [0.15, 0.2) is 11.5 Å². The molecule has 154 valence electrons. The van der Waals surface area contributed by atoms with Gasteiger partial charge in [-0.05, 0) is 42.0 Å². The summed E-state index contributed by atoms with van der Waals surface area (Å²) in [5.74, 6) is -0.832. The number of H-pyrrole nitrogens is 1. The summed E-state index contributed by atoms with van der Waals surface area (Å²) >= 11 is 0. The highest BCUT2D eigenvalue weighted by molar-refractivity contribution is 6.03. The minimum Gasteiger partial charge on any atom is -0.504 e. The van der Waals surface area contributed by atoms with Crippen molar-refractivity contribution >= 4 is 5.71 Å². The number of aromatic hydroxyl groups is 2. The van der Waals surface area contributed by atoms with Crippen LogP contribution in [0.5, 0.6) is 17.4 Å². The van der Waals surface area contributed by atoms with Gasteiger partial charge in [-0.1, -0.05) is 6.07 Å². The third-order valence-electron chi connectivity index (χ3n) is 4.82. The summed E-state index contributed by atoms with van der Waals surface area (Å²) in [5, 5.41) is 24.6. The van der Waals surface area contributed by atoms with Crippen LogP contribution in [0.15, 0.2) is 57.2 Å². The van der Waals surface area contributed by atoms with Gasteiger partial charge in [0.2, 0.25) is 5.88 Å². The molecule has 0 saturated heterocycles. The molecule has 1 aliphatic rings. The van der Waals surface area contributed by atoms with Crippen LogP contribution >= 0.6 is 0 Å². The Morgan fingerprint density at radius 3 is 2.60 bits per heavy atom. The van der Waals surface area contributed by atoms with Gasteiger partial charge in [-0.2, -0.15) is 5.10 Å². The second kappa shape index (κ2) is 7.39. The fraction of sp³-hybridized carbons (Fsp3) is 0.150. The van der Waals surface area contributed by atoms with Gasteiger partial charge in [0, 0.05) is 6.42 Å². The van der Waals surface area contributed by atoms with E-state index in [0.29, 0.717) is 0 Å². The van der Waals surface area contributed by atoms with E-state index in [1.807, 2.05) is 0 Å². The number of methoxy groups -OCH3 is 1.